The van der Waals surface area contributed by atoms with Crippen LogP contribution in [0.3, 0.4) is 0 Å². The topological polar surface area (TPSA) is 58.4 Å². The fourth-order valence-corrected chi connectivity index (χ4v) is 2.19. The number of nitrogens with two attached hydrogens (primary N) is 1. The molecule has 2 rings (SSSR count). The number of para-hydroxylation sites is 1. The van der Waals surface area contributed by atoms with Gasteiger partial charge in [0.1, 0.15) is 0 Å². The van der Waals surface area contributed by atoms with E-state index in [-0.39, 0.29) is 5.91 Å². The highest BCUT2D eigenvalue weighted by atomic mass is 16.1. The average molecular weight is 249 g/mol. The van der Waals surface area contributed by atoms with Gasteiger partial charge in [-0.05, 0) is 25.0 Å². The number of aryl methyl sites for hydroxylation is 2. The van der Waals surface area contributed by atoms with Crippen molar-refractivity contribution in [2.45, 2.75) is 20.8 Å². The van der Waals surface area contributed by atoms with Crippen LogP contribution in [0.1, 0.15) is 18.1 Å². The van der Waals surface area contributed by atoms with Gasteiger partial charge in [-0.3, -0.25) is 4.79 Å². The van der Waals surface area contributed by atoms with Crippen molar-refractivity contribution in [2.24, 2.45) is 5.73 Å². The van der Waals surface area contributed by atoms with Crippen molar-refractivity contribution < 1.29 is 4.79 Å². The molecule has 0 radical (unpaired) electrons. The summed E-state index contributed by atoms with van der Waals surface area (Å²) < 4.78 is 0. The Kier molecular flexibility index (Phi) is 5.65. The molecule has 1 fully saturated rings. The third-order valence-corrected chi connectivity index (χ3v) is 2.87. The van der Waals surface area contributed by atoms with Crippen molar-refractivity contribution in [1.82, 2.24) is 5.32 Å². The fraction of sp³-hybridized carbons (Fsp3) is 0.500. The summed E-state index contributed by atoms with van der Waals surface area (Å²) in [5.74, 6) is -0.333. The molecule has 1 amide bonds. The lowest BCUT2D eigenvalue weighted by atomic mass is 10.1. The quantitative estimate of drug-likeness (QED) is 0.786. The molecule has 18 heavy (non-hydrogen) atoms. The molecule has 4 heteroatoms. The van der Waals surface area contributed by atoms with Gasteiger partial charge in [-0.25, -0.2) is 0 Å². The number of carbonyl (C=O) groups is 1. The molecule has 0 saturated carbocycles. The van der Waals surface area contributed by atoms with E-state index in [0.717, 1.165) is 26.2 Å². The van der Waals surface area contributed by atoms with E-state index in [1.165, 1.54) is 23.7 Å². The Bertz CT molecular complexity index is 374. The molecule has 4 nitrogen and oxygen atoms in total. The molecular formula is C14H23N3O. The van der Waals surface area contributed by atoms with Crippen LogP contribution >= 0.6 is 0 Å². The maximum atomic E-state index is 9.22. The maximum absolute atomic E-state index is 9.22. The predicted octanol–water partition coefficient (Wildman–Crippen LogP) is 1.20. The van der Waals surface area contributed by atoms with Crippen molar-refractivity contribution in [1.29, 1.82) is 0 Å². The van der Waals surface area contributed by atoms with Gasteiger partial charge < -0.3 is 16.0 Å². The van der Waals surface area contributed by atoms with E-state index < -0.39 is 0 Å². The average Bonchev–Trinajstić information content (AvgIpc) is 2.29. The van der Waals surface area contributed by atoms with Crippen LogP contribution in [0.5, 0.6) is 0 Å². The summed E-state index contributed by atoms with van der Waals surface area (Å²) in [6, 6.07) is 6.53. The van der Waals surface area contributed by atoms with E-state index in [1.807, 2.05) is 0 Å². The molecule has 1 aliphatic rings. The number of nitrogens with one attached hydrogen (secondary N) is 1. The van der Waals surface area contributed by atoms with Crippen LogP contribution < -0.4 is 16.0 Å². The number of carbonyl (C=O) groups excluding carboxylic acids is 1. The van der Waals surface area contributed by atoms with Crippen LogP contribution in [-0.2, 0) is 4.79 Å². The van der Waals surface area contributed by atoms with Crippen LogP contribution in [0.2, 0.25) is 0 Å². The zero-order valence-electron chi connectivity index (χ0n) is 11.5. The maximum Gasteiger partial charge on any atom is 0.214 e. The molecule has 0 aliphatic carbocycles. The van der Waals surface area contributed by atoms with Gasteiger partial charge in [0.05, 0.1) is 0 Å². The molecule has 1 aliphatic heterocycles. The van der Waals surface area contributed by atoms with Gasteiger partial charge in [-0.1, -0.05) is 18.2 Å². The molecule has 1 aromatic rings. The van der Waals surface area contributed by atoms with E-state index in [1.54, 1.807) is 0 Å². The molecule has 100 valence electrons. The van der Waals surface area contributed by atoms with E-state index in [9.17, 15) is 4.79 Å². The van der Waals surface area contributed by atoms with Crippen LogP contribution in [0.4, 0.5) is 5.69 Å². The Hall–Kier alpha value is -1.55. The summed E-state index contributed by atoms with van der Waals surface area (Å²) in [6.07, 6.45) is 0. The van der Waals surface area contributed by atoms with Crippen LogP contribution in [0.25, 0.3) is 0 Å². The second kappa shape index (κ2) is 7.01. The Balaban J connectivity index is 0.000000357. The van der Waals surface area contributed by atoms with Gasteiger partial charge >= 0.3 is 0 Å². The largest absolute Gasteiger partial charge is 0.370 e. The molecule has 0 atom stereocenters. The van der Waals surface area contributed by atoms with Crippen LogP contribution in [-0.4, -0.2) is 32.1 Å². The molecule has 1 aromatic carbocycles. The fourth-order valence-electron chi connectivity index (χ4n) is 2.19. The molecule has 0 unspecified atom stereocenters. The van der Waals surface area contributed by atoms with Crippen molar-refractivity contribution in [3.05, 3.63) is 29.3 Å². The highest BCUT2D eigenvalue weighted by Crippen LogP contribution is 2.24. The summed E-state index contributed by atoms with van der Waals surface area (Å²) in [4.78, 5) is 11.7. The zero-order valence-corrected chi connectivity index (χ0v) is 11.5. The molecule has 0 aromatic heterocycles. The van der Waals surface area contributed by atoms with Gasteiger partial charge in [0.15, 0.2) is 0 Å². The SMILES string of the molecule is CC(N)=O.Cc1cccc(C)c1N1CCNCC1. The third kappa shape index (κ3) is 4.37. The predicted molar refractivity (Wildman–Crippen MR) is 75.9 cm³/mol. The van der Waals surface area contributed by atoms with Crippen molar-refractivity contribution in [3.63, 3.8) is 0 Å². The Morgan fingerprint density at radius 3 is 2.11 bits per heavy atom. The Morgan fingerprint density at radius 2 is 1.67 bits per heavy atom. The normalized spacial score (nSPS) is 14.7. The highest BCUT2D eigenvalue weighted by Gasteiger charge is 2.13. The van der Waals surface area contributed by atoms with Crippen LogP contribution in [0.15, 0.2) is 18.2 Å². The van der Waals surface area contributed by atoms with Gasteiger partial charge in [-0.2, -0.15) is 0 Å². The van der Waals surface area contributed by atoms with Gasteiger partial charge in [0.2, 0.25) is 5.91 Å². The molecule has 1 saturated heterocycles. The molecular weight excluding hydrogens is 226 g/mol. The summed E-state index contributed by atoms with van der Waals surface area (Å²) in [5, 5.41) is 3.38. The summed E-state index contributed by atoms with van der Waals surface area (Å²) in [6.45, 7) is 10.2. The first-order valence-corrected chi connectivity index (χ1v) is 6.30. The lowest BCUT2D eigenvalue weighted by molar-refractivity contribution is -0.115. The number of nitrogens with zero attached hydrogens (tertiary/aromatic N) is 1. The first kappa shape index (κ1) is 14.5. The Morgan fingerprint density at radius 1 is 1.22 bits per heavy atom. The number of anilines is 1. The third-order valence-electron chi connectivity index (χ3n) is 2.87. The number of benzene rings is 1. The number of amides is 1. The summed E-state index contributed by atoms with van der Waals surface area (Å²) in [5.41, 5.74) is 8.70. The van der Waals surface area contributed by atoms with Crippen molar-refractivity contribution in [3.8, 4) is 0 Å². The molecule has 1 heterocycles. The second-order valence-electron chi connectivity index (χ2n) is 4.59. The number of hydrogen-bond donors (Lipinski definition) is 2. The van der Waals surface area contributed by atoms with Gasteiger partial charge in [0.25, 0.3) is 0 Å². The van der Waals surface area contributed by atoms with Crippen molar-refractivity contribution in [2.75, 3.05) is 31.1 Å². The van der Waals surface area contributed by atoms with E-state index >= 15 is 0 Å². The monoisotopic (exact) mass is 249 g/mol. The molecule has 3 N–H and O–H groups in total. The van der Waals surface area contributed by atoms with Gasteiger partial charge in [-0.15, -0.1) is 0 Å². The second-order valence-corrected chi connectivity index (χ2v) is 4.59. The lowest BCUT2D eigenvalue weighted by Crippen LogP contribution is -2.44. The number of hydrogen-bond acceptors (Lipinski definition) is 3. The minimum absolute atomic E-state index is 0.333. The number of primary amides is 1. The number of piperazine rings is 1. The van der Waals surface area contributed by atoms with Crippen LogP contribution in [0, 0.1) is 13.8 Å². The van der Waals surface area contributed by atoms with E-state index in [4.69, 9.17) is 0 Å². The van der Waals surface area contributed by atoms with E-state index in [0.29, 0.717) is 0 Å². The van der Waals surface area contributed by atoms with E-state index in [2.05, 4.69) is 48.0 Å². The standard InChI is InChI=1S/C12H18N2.C2H5NO/c1-10-4-3-5-11(2)12(10)14-8-6-13-7-9-14;1-2(3)4/h3-5,13H,6-9H2,1-2H3;1H3,(H2,3,4). The lowest BCUT2D eigenvalue weighted by Gasteiger charge is -2.32. The van der Waals surface area contributed by atoms with Crippen molar-refractivity contribution >= 4 is 11.6 Å². The summed E-state index contributed by atoms with van der Waals surface area (Å²) in [7, 11) is 0. The number of rotatable bonds is 1. The first-order valence-electron chi connectivity index (χ1n) is 6.30. The zero-order chi connectivity index (χ0) is 13.5. The molecule has 0 bridgehead atoms. The summed E-state index contributed by atoms with van der Waals surface area (Å²) >= 11 is 0. The Labute approximate surface area is 109 Å². The molecule has 0 spiro atoms. The highest BCUT2D eigenvalue weighted by molar-refractivity contribution is 5.70. The minimum Gasteiger partial charge on any atom is -0.370 e. The smallest absolute Gasteiger partial charge is 0.214 e. The van der Waals surface area contributed by atoms with Gasteiger partial charge in [0, 0.05) is 38.8 Å². The first-order chi connectivity index (χ1) is 8.52. The minimum atomic E-state index is -0.333.